The Bertz CT molecular complexity index is 1200. The van der Waals surface area contributed by atoms with E-state index in [-0.39, 0.29) is 29.4 Å². The van der Waals surface area contributed by atoms with E-state index in [0.717, 1.165) is 42.9 Å². The molecule has 2 saturated heterocycles. The van der Waals surface area contributed by atoms with Crippen molar-refractivity contribution in [1.29, 1.82) is 5.26 Å². The molecule has 1 N–H and O–H groups in total. The average molecular weight is 482 g/mol. The van der Waals surface area contributed by atoms with Gasteiger partial charge in [0, 0.05) is 49.9 Å². The van der Waals surface area contributed by atoms with Gasteiger partial charge in [0.1, 0.15) is 12.7 Å². The van der Waals surface area contributed by atoms with Crippen molar-refractivity contribution in [1.82, 2.24) is 9.80 Å². The van der Waals surface area contributed by atoms with Crippen LogP contribution >= 0.6 is 0 Å². The smallest absolute Gasteiger partial charge is 0.338 e. The number of β-amino-alcohol motifs (C(OH)–C–C–N with tert-alkyl or cyclic N) is 1. The number of carbonyl (C=O) groups excluding carboxylic acids is 1. The van der Waals surface area contributed by atoms with Crippen LogP contribution in [0.15, 0.2) is 24.3 Å². The van der Waals surface area contributed by atoms with Crippen molar-refractivity contribution < 1.29 is 28.5 Å². The zero-order valence-electron chi connectivity index (χ0n) is 19.8. The number of ether oxygens (including phenoxy) is 3. The average Bonchev–Trinajstić information content (AvgIpc) is 3.25. The van der Waals surface area contributed by atoms with Crippen molar-refractivity contribution >= 4 is 5.97 Å². The van der Waals surface area contributed by atoms with Gasteiger partial charge in [0.25, 0.3) is 0 Å². The fourth-order valence-corrected chi connectivity index (χ4v) is 5.39. The summed E-state index contributed by atoms with van der Waals surface area (Å²) in [6.07, 6.45) is -1.02. The maximum Gasteiger partial charge on any atom is 0.338 e. The largest absolute Gasteiger partial charge is 0.493 e. The van der Waals surface area contributed by atoms with E-state index in [1.54, 1.807) is 12.1 Å². The molecule has 2 aromatic rings. The minimum Gasteiger partial charge on any atom is -0.493 e. The van der Waals surface area contributed by atoms with Gasteiger partial charge in [-0.3, -0.25) is 9.80 Å². The van der Waals surface area contributed by atoms with Crippen LogP contribution in [0.3, 0.4) is 0 Å². The molecular formula is C26H28FN3O5. The normalized spacial score (nSPS) is 23.2. The van der Waals surface area contributed by atoms with Crippen LogP contribution in [-0.4, -0.2) is 73.4 Å². The van der Waals surface area contributed by atoms with Crippen molar-refractivity contribution in [3.05, 3.63) is 63.5 Å². The molecule has 3 aliphatic rings. The Labute approximate surface area is 203 Å². The van der Waals surface area contributed by atoms with Gasteiger partial charge in [0.05, 0.1) is 37.1 Å². The topological polar surface area (TPSA) is 95.3 Å². The summed E-state index contributed by atoms with van der Waals surface area (Å²) in [6.45, 7) is 6.27. The van der Waals surface area contributed by atoms with E-state index in [1.165, 1.54) is 13.2 Å². The molecule has 0 aliphatic carbocycles. The second kappa shape index (κ2) is 9.55. The number of esters is 1. The van der Waals surface area contributed by atoms with Gasteiger partial charge >= 0.3 is 5.97 Å². The predicted molar refractivity (Wildman–Crippen MR) is 123 cm³/mol. The quantitative estimate of drug-likeness (QED) is 0.651. The lowest BCUT2D eigenvalue weighted by atomic mass is 9.94. The third kappa shape index (κ3) is 4.28. The van der Waals surface area contributed by atoms with Crippen molar-refractivity contribution in [2.24, 2.45) is 0 Å². The molecule has 35 heavy (non-hydrogen) atoms. The van der Waals surface area contributed by atoms with Crippen molar-refractivity contribution in [3.8, 4) is 11.8 Å². The number of nitriles is 1. The molecule has 5 rings (SSSR count). The molecule has 2 aromatic carbocycles. The number of cyclic esters (lactones) is 1. The second-order valence-electron chi connectivity index (χ2n) is 9.29. The minimum atomic E-state index is -0.949. The molecule has 9 heteroatoms. The van der Waals surface area contributed by atoms with E-state index in [1.807, 2.05) is 19.1 Å². The van der Waals surface area contributed by atoms with Crippen molar-refractivity contribution in [3.63, 3.8) is 0 Å². The Kier molecular flexibility index (Phi) is 6.47. The number of nitrogens with zero attached hydrogens (tertiary/aromatic N) is 3. The van der Waals surface area contributed by atoms with Gasteiger partial charge in [0.2, 0.25) is 0 Å². The van der Waals surface area contributed by atoms with Crippen LogP contribution < -0.4 is 4.74 Å². The second-order valence-corrected chi connectivity index (χ2v) is 9.29. The molecule has 0 bridgehead atoms. The molecule has 3 atom stereocenters. The van der Waals surface area contributed by atoms with E-state index in [4.69, 9.17) is 19.5 Å². The summed E-state index contributed by atoms with van der Waals surface area (Å²) in [4.78, 5) is 16.4. The Balaban J connectivity index is 1.23. The number of halogens is 1. The number of aliphatic hydroxyl groups excluding tert-OH is 1. The molecule has 184 valence electrons. The maximum absolute atomic E-state index is 14.5. The number of aliphatic hydroxyl groups is 1. The molecule has 0 radical (unpaired) electrons. The van der Waals surface area contributed by atoms with E-state index in [2.05, 4.69) is 9.80 Å². The van der Waals surface area contributed by atoms with Crippen LogP contribution in [0.25, 0.3) is 0 Å². The minimum absolute atomic E-state index is 0.0738. The van der Waals surface area contributed by atoms with Crippen LogP contribution in [0.5, 0.6) is 5.75 Å². The lowest BCUT2D eigenvalue weighted by Crippen LogP contribution is -2.58. The van der Waals surface area contributed by atoms with Crippen LogP contribution in [-0.2, 0) is 16.1 Å². The first kappa shape index (κ1) is 23.7. The Morgan fingerprint density at radius 2 is 2.11 bits per heavy atom. The molecule has 3 heterocycles. The third-order valence-electron chi connectivity index (χ3n) is 7.38. The number of hydrogen-bond donors (Lipinski definition) is 1. The third-order valence-corrected chi connectivity index (χ3v) is 7.38. The summed E-state index contributed by atoms with van der Waals surface area (Å²) in [6, 6.07) is 8.71. The molecule has 0 aromatic heterocycles. The predicted octanol–water partition coefficient (Wildman–Crippen LogP) is 2.48. The monoisotopic (exact) mass is 481 g/mol. The zero-order valence-corrected chi connectivity index (χ0v) is 19.8. The number of carbonyl (C=O) groups is 1. The van der Waals surface area contributed by atoms with Gasteiger partial charge in [-0.05, 0) is 30.2 Å². The summed E-state index contributed by atoms with van der Waals surface area (Å²) in [7, 11) is 1.33. The fraction of sp³-hybridized carbons (Fsp3) is 0.462. The molecule has 8 nitrogen and oxygen atoms in total. The van der Waals surface area contributed by atoms with Crippen LogP contribution in [0.4, 0.5) is 4.39 Å². The van der Waals surface area contributed by atoms with Gasteiger partial charge in [-0.15, -0.1) is 0 Å². The van der Waals surface area contributed by atoms with Gasteiger partial charge in [0.15, 0.2) is 11.6 Å². The standard InChI is InChI=1S/C26H28FN3O5/c1-15-18(5-6-19-21(15)14-35-26(19)32)23-12-30-8-7-29(10-17(30)13-34-23)11-22(31)20-4-3-16(9-28)24(27)25(20)33-2/h3-6,17,22-23,31H,7-8,10-14H2,1-2H3/t17-,22?,23+/m0/s1. The van der Waals surface area contributed by atoms with Crippen LogP contribution in [0, 0.1) is 24.1 Å². The first-order valence-electron chi connectivity index (χ1n) is 11.7. The Morgan fingerprint density at radius 3 is 2.89 bits per heavy atom. The van der Waals surface area contributed by atoms with Gasteiger partial charge in [-0.1, -0.05) is 12.1 Å². The van der Waals surface area contributed by atoms with E-state index >= 15 is 0 Å². The molecule has 2 fully saturated rings. The Hall–Kier alpha value is -3.03. The highest BCUT2D eigenvalue weighted by Gasteiger charge is 2.36. The van der Waals surface area contributed by atoms with Crippen LogP contribution in [0.2, 0.25) is 0 Å². The highest BCUT2D eigenvalue weighted by atomic mass is 19.1. The molecule has 0 spiro atoms. The summed E-state index contributed by atoms with van der Waals surface area (Å²) < 4.78 is 31.1. The fourth-order valence-electron chi connectivity index (χ4n) is 5.39. The highest BCUT2D eigenvalue weighted by molar-refractivity contribution is 5.93. The summed E-state index contributed by atoms with van der Waals surface area (Å²) in [5.74, 6) is -1.10. The molecular weight excluding hydrogens is 453 g/mol. The number of hydrogen-bond acceptors (Lipinski definition) is 8. The van der Waals surface area contributed by atoms with E-state index < -0.39 is 11.9 Å². The molecule has 1 unspecified atom stereocenters. The number of rotatable bonds is 5. The molecule has 0 amide bonds. The molecule has 3 aliphatic heterocycles. The number of benzene rings is 2. The molecule has 0 saturated carbocycles. The summed E-state index contributed by atoms with van der Waals surface area (Å²) in [5.41, 5.74) is 3.96. The number of piperazine rings is 1. The van der Waals surface area contributed by atoms with Gasteiger partial charge in [-0.25, -0.2) is 9.18 Å². The lowest BCUT2D eigenvalue weighted by molar-refractivity contribution is -0.0939. The SMILES string of the molecule is COc1c(C(O)CN2CCN3C[C@H](c4ccc5c(c4C)COC5=O)OC[C@@H]3C2)ccc(C#N)c1F. The lowest BCUT2D eigenvalue weighted by Gasteiger charge is -2.46. The summed E-state index contributed by atoms with van der Waals surface area (Å²) >= 11 is 0. The van der Waals surface area contributed by atoms with Crippen molar-refractivity contribution in [2.45, 2.75) is 31.8 Å². The van der Waals surface area contributed by atoms with Gasteiger partial charge < -0.3 is 19.3 Å². The Morgan fingerprint density at radius 1 is 1.29 bits per heavy atom. The first-order chi connectivity index (χ1) is 16.9. The van der Waals surface area contributed by atoms with Crippen molar-refractivity contribution in [2.75, 3.05) is 46.4 Å². The van der Waals surface area contributed by atoms with E-state index in [9.17, 15) is 14.3 Å². The highest BCUT2D eigenvalue weighted by Crippen LogP contribution is 2.35. The number of methoxy groups -OCH3 is 1. The number of fused-ring (bicyclic) bond motifs is 2. The van der Waals surface area contributed by atoms with Gasteiger partial charge in [-0.2, -0.15) is 5.26 Å². The van der Waals surface area contributed by atoms with E-state index in [0.29, 0.717) is 30.9 Å². The first-order valence-corrected chi connectivity index (χ1v) is 11.7. The summed E-state index contributed by atoms with van der Waals surface area (Å²) in [5, 5.41) is 19.9. The van der Waals surface area contributed by atoms with Crippen LogP contribution in [0.1, 0.15) is 50.4 Å². The number of morpholine rings is 1. The maximum atomic E-state index is 14.5. The zero-order chi connectivity index (χ0) is 24.7.